The molecule has 6 nitrogen and oxygen atoms in total. The summed E-state index contributed by atoms with van der Waals surface area (Å²) in [7, 11) is 0. The fraction of sp³-hybridized carbons (Fsp3) is 0.444. The molecule has 0 spiro atoms. The first-order valence-electron chi connectivity index (χ1n) is 12.4. The number of nitriles is 1. The largest absolute Gasteiger partial charge is 0.397 e. The molecule has 2 fully saturated rings. The Morgan fingerprint density at radius 3 is 2.77 bits per heavy atom. The zero-order chi connectivity index (χ0) is 24.3. The number of rotatable bonds is 3. The van der Waals surface area contributed by atoms with Crippen LogP contribution in [-0.4, -0.2) is 30.0 Å². The number of carbonyl (C=O) groups excluding carboxylic acids is 1. The van der Waals surface area contributed by atoms with Crippen molar-refractivity contribution in [2.75, 3.05) is 23.7 Å². The van der Waals surface area contributed by atoms with Crippen LogP contribution in [0, 0.1) is 35.9 Å². The predicted molar refractivity (Wildman–Crippen MR) is 136 cm³/mol. The molecule has 1 aromatic carbocycles. The number of hydrogen-bond donors (Lipinski definition) is 2. The van der Waals surface area contributed by atoms with E-state index in [0.29, 0.717) is 52.8 Å². The fourth-order valence-corrected chi connectivity index (χ4v) is 7.35. The molecule has 0 radical (unpaired) electrons. The molecule has 1 aliphatic heterocycles. The van der Waals surface area contributed by atoms with Gasteiger partial charge in [-0.3, -0.25) is 4.79 Å². The third kappa shape index (κ3) is 3.82. The number of nitrogen functional groups attached to an aromatic ring is 1. The van der Waals surface area contributed by atoms with E-state index in [1.54, 1.807) is 6.07 Å². The summed E-state index contributed by atoms with van der Waals surface area (Å²) in [5.74, 6) is 0.781. The number of piperidine rings is 1. The molecule has 2 aliphatic carbocycles. The first kappa shape index (κ1) is 22.3. The summed E-state index contributed by atoms with van der Waals surface area (Å²) in [6, 6.07) is 7.50. The van der Waals surface area contributed by atoms with Gasteiger partial charge in [-0.15, -0.1) is 11.3 Å². The van der Waals surface area contributed by atoms with Crippen LogP contribution >= 0.6 is 11.3 Å². The molecule has 35 heavy (non-hydrogen) atoms. The van der Waals surface area contributed by atoms with Gasteiger partial charge < -0.3 is 16.0 Å². The summed E-state index contributed by atoms with van der Waals surface area (Å²) in [6.45, 7) is 3.72. The second-order valence-electron chi connectivity index (χ2n) is 10.3. The van der Waals surface area contributed by atoms with Gasteiger partial charge in [0.25, 0.3) is 5.91 Å². The highest BCUT2D eigenvalue weighted by Gasteiger charge is 2.35. The van der Waals surface area contributed by atoms with Crippen LogP contribution < -0.4 is 16.0 Å². The lowest BCUT2D eigenvalue weighted by Gasteiger charge is -2.36. The standard InChI is InChI=1S/C27H28FN5OS/c1-14-2-6-19-24(30)25(35-27(19)31-14)26(34)32-17-5-7-18-20(9-17)22(28)10-23(21(18)11-29)33-12-15-3-4-16(8-15)13-33/h2,6,10,15-17H,3-5,7-9,12-13,30H2,1H3,(H,32,34)/t15?,16?,17-/m0/s1. The molecule has 1 saturated carbocycles. The van der Waals surface area contributed by atoms with Crippen molar-refractivity contribution in [3.05, 3.63) is 51.3 Å². The number of aryl methyl sites for hydroxylation is 1. The number of anilines is 2. The van der Waals surface area contributed by atoms with Gasteiger partial charge in [0.1, 0.15) is 21.6 Å². The smallest absolute Gasteiger partial charge is 0.263 e. The van der Waals surface area contributed by atoms with E-state index in [2.05, 4.69) is 21.3 Å². The Morgan fingerprint density at radius 1 is 1.26 bits per heavy atom. The number of fused-ring (bicyclic) bond motifs is 4. The van der Waals surface area contributed by atoms with Crippen LogP contribution in [0.1, 0.15) is 57.7 Å². The Balaban J connectivity index is 1.24. The Morgan fingerprint density at radius 2 is 2.03 bits per heavy atom. The molecule has 6 rings (SSSR count). The summed E-state index contributed by atoms with van der Waals surface area (Å²) >= 11 is 1.28. The maximum Gasteiger partial charge on any atom is 0.263 e. The molecule has 1 amide bonds. The second kappa shape index (κ2) is 8.49. The zero-order valence-electron chi connectivity index (χ0n) is 19.7. The van der Waals surface area contributed by atoms with Crippen LogP contribution in [0.2, 0.25) is 0 Å². The first-order valence-corrected chi connectivity index (χ1v) is 13.2. The summed E-state index contributed by atoms with van der Waals surface area (Å²) in [5, 5.41) is 13.9. The number of nitrogens with zero attached hydrogens (tertiary/aromatic N) is 3. The van der Waals surface area contributed by atoms with Gasteiger partial charge in [0.05, 0.1) is 16.9 Å². The summed E-state index contributed by atoms with van der Waals surface area (Å²) in [6.07, 6.45) is 5.32. The lowest BCUT2D eigenvalue weighted by Crippen LogP contribution is -2.40. The average molecular weight is 490 g/mol. The van der Waals surface area contributed by atoms with E-state index < -0.39 is 0 Å². The topological polar surface area (TPSA) is 95.0 Å². The summed E-state index contributed by atoms with van der Waals surface area (Å²) in [5.41, 5.74) is 10.3. The third-order valence-electron chi connectivity index (χ3n) is 8.00. The second-order valence-corrected chi connectivity index (χ2v) is 11.3. The van der Waals surface area contributed by atoms with Crippen molar-refractivity contribution in [2.45, 2.75) is 51.5 Å². The van der Waals surface area contributed by atoms with Gasteiger partial charge in [-0.2, -0.15) is 5.26 Å². The maximum atomic E-state index is 15.4. The van der Waals surface area contributed by atoms with E-state index in [1.807, 2.05) is 19.1 Å². The molecular formula is C27H28FN5OS. The van der Waals surface area contributed by atoms with E-state index >= 15 is 4.39 Å². The Hall–Kier alpha value is -3.18. The molecule has 2 aromatic heterocycles. The molecule has 2 bridgehead atoms. The van der Waals surface area contributed by atoms with Crippen molar-refractivity contribution in [2.24, 2.45) is 11.8 Å². The number of benzene rings is 1. The van der Waals surface area contributed by atoms with Gasteiger partial charge in [0.2, 0.25) is 0 Å². The van der Waals surface area contributed by atoms with Crippen molar-refractivity contribution >= 4 is 38.8 Å². The minimum absolute atomic E-state index is 0.216. The number of pyridine rings is 1. The highest BCUT2D eigenvalue weighted by atomic mass is 32.1. The molecule has 3 aliphatic rings. The molecule has 1 saturated heterocycles. The highest BCUT2D eigenvalue weighted by Crippen LogP contribution is 2.41. The van der Waals surface area contributed by atoms with Gasteiger partial charge in [0.15, 0.2) is 0 Å². The van der Waals surface area contributed by atoms with Crippen LogP contribution in [0.15, 0.2) is 18.2 Å². The molecule has 3 N–H and O–H groups in total. The molecule has 3 aromatic rings. The number of nitrogens with two attached hydrogens (primary N) is 1. The zero-order valence-corrected chi connectivity index (χ0v) is 20.6. The molecular weight excluding hydrogens is 461 g/mol. The monoisotopic (exact) mass is 489 g/mol. The minimum Gasteiger partial charge on any atom is -0.397 e. The lowest BCUT2D eigenvalue weighted by atomic mass is 9.84. The van der Waals surface area contributed by atoms with Crippen LogP contribution in [0.3, 0.4) is 0 Å². The van der Waals surface area contributed by atoms with Gasteiger partial charge >= 0.3 is 0 Å². The van der Waals surface area contributed by atoms with E-state index in [9.17, 15) is 10.1 Å². The van der Waals surface area contributed by atoms with Crippen molar-refractivity contribution < 1.29 is 9.18 Å². The van der Waals surface area contributed by atoms with Crippen LogP contribution in [-0.2, 0) is 12.8 Å². The normalized spacial score (nSPS) is 23.2. The average Bonchev–Trinajstić information content (AvgIpc) is 3.36. The predicted octanol–water partition coefficient (Wildman–Crippen LogP) is 4.72. The van der Waals surface area contributed by atoms with E-state index in [4.69, 9.17) is 5.73 Å². The van der Waals surface area contributed by atoms with E-state index in [1.165, 1.54) is 30.6 Å². The van der Waals surface area contributed by atoms with Crippen molar-refractivity contribution in [1.29, 1.82) is 5.26 Å². The number of nitrogens with one attached hydrogen (secondary N) is 1. The molecule has 8 heteroatoms. The number of hydrogen-bond acceptors (Lipinski definition) is 6. The summed E-state index contributed by atoms with van der Waals surface area (Å²) in [4.78, 5) is 21.0. The highest BCUT2D eigenvalue weighted by molar-refractivity contribution is 7.21. The van der Waals surface area contributed by atoms with E-state index in [-0.39, 0.29) is 17.8 Å². The van der Waals surface area contributed by atoms with Gasteiger partial charge in [-0.1, -0.05) is 0 Å². The summed E-state index contributed by atoms with van der Waals surface area (Å²) < 4.78 is 15.4. The number of aromatic nitrogens is 1. The van der Waals surface area contributed by atoms with Crippen molar-refractivity contribution in [3.63, 3.8) is 0 Å². The number of amides is 1. The van der Waals surface area contributed by atoms with Crippen LogP contribution in [0.25, 0.3) is 10.2 Å². The Kier molecular flexibility index (Phi) is 5.41. The lowest BCUT2D eigenvalue weighted by molar-refractivity contribution is 0.0938. The number of thiophene rings is 1. The fourth-order valence-electron chi connectivity index (χ4n) is 6.30. The van der Waals surface area contributed by atoms with Crippen molar-refractivity contribution in [1.82, 2.24) is 10.3 Å². The van der Waals surface area contributed by atoms with Crippen LogP contribution in [0.4, 0.5) is 15.8 Å². The van der Waals surface area contributed by atoms with Crippen molar-refractivity contribution in [3.8, 4) is 6.07 Å². The van der Waals surface area contributed by atoms with Gasteiger partial charge in [-0.05, 0) is 86.6 Å². The number of halogens is 1. The third-order valence-corrected chi connectivity index (χ3v) is 9.12. The molecule has 3 atom stereocenters. The first-order chi connectivity index (χ1) is 16.9. The number of carbonyl (C=O) groups is 1. The minimum atomic E-state index is -0.271. The Bertz CT molecular complexity index is 1380. The molecule has 2 unspecified atom stereocenters. The van der Waals surface area contributed by atoms with Crippen LogP contribution in [0.5, 0.6) is 0 Å². The maximum absolute atomic E-state index is 15.4. The molecule has 180 valence electrons. The van der Waals surface area contributed by atoms with E-state index in [0.717, 1.165) is 40.3 Å². The molecule has 3 heterocycles. The SMILES string of the molecule is Cc1ccc2c(N)c(C(=O)N[C@H]3CCc4c(C#N)c(N5CC6CCC(C6)C5)cc(F)c4C3)sc2n1. The van der Waals surface area contributed by atoms with Gasteiger partial charge in [0, 0.05) is 30.2 Å². The Labute approximate surface area is 207 Å². The quantitative estimate of drug-likeness (QED) is 0.555. The van der Waals surface area contributed by atoms with Gasteiger partial charge in [-0.25, -0.2) is 9.37 Å².